The van der Waals surface area contributed by atoms with Gasteiger partial charge in [0.15, 0.2) is 0 Å². The zero-order valence-corrected chi connectivity index (χ0v) is 17.6. The molecule has 0 atom stereocenters. The van der Waals surface area contributed by atoms with E-state index in [0.717, 1.165) is 51.0 Å². The summed E-state index contributed by atoms with van der Waals surface area (Å²) in [6.07, 6.45) is 1.86. The van der Waals surface area contributed by atoms with Gasteiger partial charge in [0, 0.05) is 22.0 Å². The molecule has 5 aromatic rings. The van der Waals surface area contributed by atoms with Gasteiger partial charge in [0.2, 0.25) is 0 Å². The minimum Gasteiger partial charge on any atom is -0.277 e. The Hall–Kier alpha value is -3.99. The lowest BCUT2D eigenvalue weighted by molar-refractivity contribution is 0.659. The highest BCUT2D eigenvalue weighted by Gasteiger charge is 2.11. The maximum absolute atomic E-state index is 4.77. The van der Waals surface area contributed by atoms with Gasteiger partial charge in [0.05, 0.1) is 35.2 Å². The first kappa shape index (κ1) is 19.0. The molecule has 0 fully saturated rings. The Kier molecular flexibility index (Phi) is 4.92. The molecule has 0 radical (unpaired) electrons. The molecule has 0 saturated carbocycles. The summed E-state index contributed by atoms with van der Waals surface area (Å²) in [7, 11) is 0. The number of nitrogens with one attached hydrogen (secondary N) is 1. The Bertz CT molecular complexity index is 1350. The molecule has 0 bridgehead atoms. The molecule has 2 heterocycles. The molecule has 0 aliphatic rings. The van der Waals surface area contributed by atoms with Crippen LogP contribution in [0.25, 0.3) is 21.8 Å². The molecule has 31 heavy (non-hydrogen) atoms. The van der Waals surface area contributed by atoms with Gasteiger partial charge < -0.3 is 0 Å². The molecule has 1 N–H and O–H groups in total. The van der Waals surface area contributed by atoms with Crippen molar-refractivity contribution in [2.75, 3.05) is 5.43 Å². The van der Waals surface area contributed by atoms with Crippen LogP contribution in [0.1, 0.15) is 22.5 Å². The molecule has 0 saturated heterocycles. The molecule has 5 rings (SSSR count). The molecule has 2 aromatic heterocycles. The SMILES string of the molecule is Cc1nn(Cc2ccccc2)c(C)c1/C=N/Nc1c2ccccc2nc2ccccc12. The summed E-state index contributed by atoms with van der Waals surface area (Å²) in [5, 5.41) is 11.4. The molecular weight excluding hydrogens is 382 g/mol. The minimum absolute atomic E-state index is 0.744. The lowest BCUT2D eigenvalue weighted by atomic mass is 10.1. The fourth-order valence-corrected chi connectivity index (χ4v) is 3.93. The number of aromatic nitrogens is 3. The van der Waals surface area contributed by atoms with Crippen molar-refractivity contribution in [3.8, 4) is 0 Å². The van der Waals surface area contributed by atoms with Crippen LogP contribution in [0.2, 0.25) is 0 Å². The van der Waals surface area contributed by atoms with Crippen molar-refractivity contribution in [1.82, 2.24) is 14.8 Å². The molecule has 0 unspecified atom stereocenters. The van der Waals surface area contributed by atoms with Crippen LogP contribution in [0.5, 0.6) is 0 Å². The molecule has 5 nitrogen and oxygen atoms in total. The Balaban J connectivity index is 1.48. The van der Waals surface area contributed by atoms with Gasteiger partial charge in [-0.15, -0.1) is 0 Å². The van der Waals surface area contributed by atoms with Crippen LogP contribution in [0, 0.1) is 13.8 Å². The number of nitrogens with zero attached hydrogens (tertiary/aromatic N) is 4. The van der Waals surface area contributed by atoms with Crippen LogP contribution < -0.4 is 5.43 Å². The summed E-state index contributed by atoms with van der Waals surface area (Å²) in [6, 6.07) is 26.6. The van der Waals surface area contributed by atoms with E-state index in [1.54, 1.807) is 0 Å². The van der Waals surface area contributed by atoms with Crippen molar-refractivity contribution in [2.24, 2.45) is 5.10 Å². The number of anilines is 1. The average Bonchev–Trinajstić information content (AvgIpc) is 3.06. The number of benzene rings is 3. The summed E-state index contributed by atoms with van der Waals surface area (Å²) >= 11 is 0. The predicted octanol–water partition coefficient (Wildman–Crippen LogP) is 5.70. The van der Waals surface area contributed by atoms with Gasteiger partial charge in [-0.25, -0.2) is 4.98 Å². The van der Waals surface area contributed by atoms with E-state index in [2.05, 4.69) is 53.8 Å². The van der Waals surface area contributed by atoms with E-state index in [1.807, 2.05) is 60.3 Å². The zero-order valence-electron chi connectivity index (χ0n) is 17.6. The second-order valence-corrected chi connectivity index (χ2v) is 7.62. The van der Waals surface area contributed by atoms with Crippen molar-refractivity contribution in [3.05, 3.63) is 101 Å². The largest absolute Gasteiger partial charge is 0.277 e. The summed E-state index contributed by atoms with van der Waals surface area (Å²) in [6.45, 7) is 4.85. The number of hydrogen-bond acceptors (Lipinski definition) is 4. The maximum Gasteiger partial charge on any atom is 0.0749 e. The maximum atomic E-state index is 4.77. The molecule has 3 aromatic carbocycles. The molecule has 152 valence electrons. The van der Waals surface area contributed by atoms with Crippen molar-refractivity contribution in [1.29, 1.82) is 0 Å². The third kappa shape index (κ3) is 3.66. The van der Waals surface area contributed by atoms with E-state index in [9.17, 15) is 0 Å². The highest BCUT2D eigenvalue weighted by molar-refractivity contribution is 6.07. The Labute approximate surface area is 181 Å². The topological polar surface area (TPSA) is 55.1 Å². The Morgan fingerprint density at radius 3 is 2.13 bits per heavy atom. The van der Waals surface area contributed by atoms with Crippen LogP contribution in [0.3, 0.4) is 0 Å². The van der Waals surface area contributed by atoms with Crippen LogP contribution in [-0.4, -0.2) is 21.0 Å². The standard InChI is InChI=1S/C26H23N5/c1-18-23(19(2)31(30-18)17-20-10-4-3-5-11-20)16-27-29-26-21-12-6-8-14-24(21)28-25-15-9-7-13-22(25)26/h3-16H,17H2,1-2H3,(H,28,29)/b27-16+. The third-order valence-electron chi connectivity index (χ3n) is 5.57. The van der Waals surface area contributed by atoms with Gasteiger partial charge >= 0.3 is 0 Å². The molecule has 0 spiro atoms. The summed E-state index contributed by atoms with van der Waals surface area (Å²) < 4.78 is 2.03. The zero-order chi connectivity index (χ0) is 21.2. The van der Waals surface area contributed by atoms with Gasteiger partial charge in [0.1, 0.15) is 0 Å². The molecule has 0 amide bonds. The molecular formula is C26H23N5. The van der Waals surface area contributed by atoms with E-state index < -0.39 is 0 Å². The van der Waals surface area contributed by atoms with Gasteiger partial charge in [-0.2, -0.15) is 10.2 Å². The highest BCUT2D eigenvalue weighted by Crippen LogP contribution is 2.30. The summed E-state index contributed by atoms with van der Waals surface area (Å²) in [4.78, 5) is 4.77. The number of para-hydroxylation sites is 2. The molecule has 5 heteroatoms. The fourth-order valence-electron chi connectivity index (χ4n) is 3.93. The fraction of sp³-hybridized carbons (Fsp3) is 0.115. The van der Waals surface area contributed by atoms with E-state index in [-0.39, 0.29) is 0 Å². The number of hydrazone groups is 1. The lowest BCUT2D eigenvalue weighted by Crippen LogP contribution is -2.04. The van der Waals surface area contributed by atoms with Crippen LogP contribution in [0.15, 0.2) is 84.0 Å². The number of rotatable bonds is 5. The lowest BCUT2D eigenvalue weighted by Gasteiger charge is -2.10. The van der Waals surface area contributed by atoms with E-state index in [4.69, 9.17) is 10.1 Å². The second-order valence-electron chi connectivity index (χ2n) is 7.62. The van der Waals surface area contributed by atoms with Gasteiger partial charge in [-0.3, -0.25) is 10.1 Å². The molecule has 0 aliphatic carbocycles. The highest BCUT2D eigenvalue weighted by atomic mass is 15.3. The quantitative estimate of drug-likeness (QED) is 0.232. The summed E-state index contributed by atoms with van der Waals surface area (Å²) in [5.41, 5.74) is 10.5. The van der Waals surface area contributed by atoms with Gasteiger partial charge in [-0.1, -0.05) is 66.7 Å². The van der Waals surface area contributed by atoms with E-state index in [0.29, 0.717) is 0 Å². The minimum atomic E-state index is 0.744. The number of fused-ring (bicyclic) bond motifs is 2. The van der Waals surface area contributed by atoms with Crippen molar-refractivity contribution >= 4 is 33.7 Å². The van der Waals surface area contributed by atoms with Crippen LogP contribution in [-0.2, 0) is 6.54 Å². The van der Waals surface area contributed by atoms with Crippen molar-refractivity contribution in [3.63, 3.8) is 0 Å². The molecule has 0 aliphatic heterocycles. The Morgan fingerprint density at radius 2 is 1.45 bits per heavy atom. The predicted molar refractivity (Wildman–Crippen MR) is 128 cm³/mol. The van der Waals surface area contributed by atoms with Gasteiger partial charge in [0.25, 0.3) is 0 Å². The monoisotopic (exact) mass is 405 g/mol. The first-order valence-corrected chi connectivity index (χ1v) is 10.4. The average molecular weight is 406 g/mol. The first-order valence-electron chi connectivity index (χ1n) is 10.4. The van der Waals surface area contributed by atoms with Crippen molar-refractivity contribution < 1.29 is 0 Å². The number of hydrogen-bond donors (Lipinski definition) is 1. The normalized spacial score (nSPS) is 11.5. The van der Waals surface area contributed by atoms with E-state index >= 15 is 0 Å². The van der Waals surface area contributed by atoms with Crippen LogP contribution >= 0.6 is 0 Å². The van der Waals surface area contributed by atoms with Crippen LogP contribution in [0.4, 0.5) is 5.69 Å². The third-order valence-corrected chi connectivity index (χ3v) is 5.57. The Morgan fingerprint density at radius 1 is 0.839 bits per heavy atom. The summed E-state index contributed by atoms with van der Waals surface area (Å²) in [5.74, 6) is 0. The smallest absolute Gasteiger partial charge is 0.0749 e. The first-order chi connectivity index (χ1) is 15.2. The number of pyridine rings is 1. The van der Waals surface area contributed by atoms with Gasteiger partial charge in [-0.05, 0) is 31.5 Å². The van der Waals surface area contributed by atoms with E-state index in [1.165, 1.54) is 5.56 Å². The number of aryl methyl sites for hydroxylation is 1. The second kappa shape index (κ2) is 8.03. The van der Waals surface area contributed by atoms with Crippen molar-refractivity contribution in [2.45, 2.75) is 20.4 Å².